The summed E-state index contributed by atoms with van der Waals surface area (Å²) < 4.78 is 22.0. The number of furan rings is 1. The summed E-state index contributed by atoms with van der Waals surface area (Å²) in [6.07, 6.45) is 0. The molecule has 0 bridgehead atoms. The van der Waals surface area contributed by atoms with Crippen LogP contribution in [0.15, 0.2) is 92.5 Å². The van der Waals surface area contributed by atoms with Gasteiger partial charge in [-0.2, -0.15) is 0 Å². The molecule has 0 amide bonds. The molecule has 0 radical (unpaired) electrons. The average Bonchev–Trinajstić information content (AvgIpc) is 3.23. The number of ether oxygens (including phenoxy) is 2. The molecule has 0 unspecified atom stereocenters. The summed E-state index contributed by atoms with van der Waals surface area (Å²) in [5.41, 5.74) is 1.43. The lowest BCUT2D eigenvalue weighted by atomic mass is 10.1. The molecule has 0 saturated carbocycles. The highest BCUT2D eigenvalue weighted by molar-refractivity contribution is 5.97. The summed E-state index contributed by atoms with van der Waals surface area (Å²) in [4.78, 5) is 24.8. The number of hydrogen-bond acceptors (Lipinski definition) is 6. The van der Waals surface area contributed by atoms with Crippen molar-refractivity contribution in [2.24, 2.45) is 0 Å². The van der Waals surface area contributed by atoms with Gasteiger partial charge in [-0.3, -0.25) is 0 Å². The maximum absolute atomic E-state index is 12.7. The number of esters is 1. The Balaban J connectivity index is 1.59. The van der Waals surface area contributed by atoms with E-state index in [-0.39, 0.29) is 0 Å². The summed E-state index contributed by atoms with van der Waals surface area (Å²) in [5, 5.41) is 1.50. The first-order chi connectivity index (χ1) is 15.1. The molecule has 0 spiro atoms. The first-order valence-corrected chi connectivity index (χ1v) is 9.54. The predicted molar refractivity (Wildman–Crippen MR) is 116 cm³/mol. The first-order valence-electron chi connectivity index (χ1n) is 9.54. The predicted octanol–water partition coefficient (Wildman–Crippen LogP) is 5.43. The minimum Gasteiger partial charge on any atom is -0.496 e. The third kappa shape index (κ3) is 3.44. The van der Waals surface area contributed by atoms with Crippen LogP contribution >= 0.6 is 0 Å². The van der Waals surface area contributed by atoms with E-state index in [0.717, 1.165) is 5.39 Å². The van der Waals surface area contributed by atoms with Crippen LogP contribution in [-0.2, 0) is 0 Å². The lowest BCUT2D eigenvalue weighted by molar-refractivity contribution is 0.0731. The lowest BCUT2D eigenvalue weighted by Crippen LogP contribution is -2.10. The van der Waals surface area contributed by atoms with Crippen molar-refractivity contribution in [2.75, 3.05) is 7.11 Å². The minimum absolute atomic E-state index is 0.301. The summed E-state index contributed by atoms with van der Waals surface area (Å²) >= 11 is 0. The molecular formula is C25H16O6. The van der Waals surface area contributed by atoms with Gasteiger partial charge in [-0.25, -0.2) is 9.59 Å². The van der Waals surface area contributed by atoms with Gasteiger partial charge in [0.25, 0.3) is 0 Å². The van der Waals surface area contributed by atoms with Crippen LogP contribution in [0, 0.1) is 0 Å². The van der Waals surface area contributed by atoms with Crippen LogP contribution in [0.5, 0.6) is 11.5 Å². The fourth-order valence-electron chi connectivity index (χ4n) is 3.50. The number of carbonyl (C=O) groups excluding carboxylic acids is 1. The second kappa shape index (κ2) is 7.50. The van der Waals surface area contributed by atoms with Crippen molar-refractivity contribution in [3.8, 4) is 22.8 Å². The number of methoxy groups -OCH3 is 1. The van der Waals surface area contributed by atoms with Crippen LogP contribution in [0.2, 0.25) is 0 Å². The minimum atomic E-state index is -0.556. The quantitative estimate of drug-likeness (QED) is 0.222. The van der Waals surface area contributed by atoms with Gasteiger partial charge in [0.05, 0.1) is 7.11 Å². The van der Waals surface area contributed by atoms with E-state index >= 15 is 0 Å². The fourth-order valence-corrected chi connectivity index (χ4v) is 3.50. The number of fused-ring (bicyclic) bond motifs is 2. The number of hydrogen-bond donors (Lipinski definition) is 0. The number of rotatable bonds is 4. The number of para-hydroxylation sites is 2. The van der Waals surface area contributed by atoms with Gasteiger partial charge < -0.3 is 18.3 Å². The molecule has 5 rings (SSSR count). The summed E-state index contributed by atoms with van der Waals surface area (Å²) in [7, 11) is 1.49. The molecule has 0 atom stereocenters. The van der Waals surface area contributed by atoms with Gasteiger partial charge in [-0.1, -0.05) is 30.3 Å². The monoisotopic (exact) mass is 412 g/mol. The number of benzene rings is 3. The standard InChI is InChI=1S/C25H16O6/c1-28-21-9-5-3-7-17(21)25(27)29-16-10-11-22-18(13-16)19(14-24(26)31-22)23-12-15-6-2-4-8-20(15)30-23/h2-14H,1H3. The Labute approximate surface area is 176 Å². The van der Waals surface area contributed by atoms with Crippen molar-refractivity contribution in [3.05, 3.63) is 94.8 Å². The van der Waals surface area contributed by atoms with Gasteiger partial charge in [-0.15, -0.1) is 0 Å². The Morgan fingerprint density at radius 3 is 2.48 bits per heavy atom. The van der Waals surface area contributed by atoms with Crippen molar-refractivity contribution < 1.29 is 23.1 Å². The third-order valence-electron chi connectivity index (χ3n) is 4.94. The Morgan fingerprint density at radius 2 is 1.65 bits per heavy atom. The van der Waals surface area contributed by atoms with Gasteiger partial charge in [0.15, 0.2) is 0 Å². The Morgan fingerprint density at radius 1 is 0.839 bits per heavy atom. The van der Waals surface area contributed by atoms with Crippen LogP contribution in [0.1, 0.15) is 10.4 Å². The molecule has 0 aliphatic carbocycles. The Bertz CT molecular complexity index is 1460. The molecule has 0 fully saturated rings. The first kappa shape index (κ1) is 18.7. The Kier molecular flexibility index (Phi) is 4.52. The molecule has 152 valence electrons. The number of carbonyl (C=O) groups is 1. The van der Waals surface area contributed by atoms with Gasteiger partial charge in [0.2, 0.25) is 0 Å². The average molecular weight is 412 g/mol. The summed E-state index contributed by atoms with van der Waals surface area (Å²) in [6, 6.07) is 22.4. The maximum atomic E-state index is 12.7. The summed E-state index contributed by atoms with van der Waals surface area (Å²) in [6.45, 7) is 0. The zero-order chi connectivity index (χ0) is 21.4. The molecule has 31 heavy (non-hydrogen) atoms. The summed E-state index contributed by atoms with van der Waals surface area (Å²) in [5.74, 6) is 0.684. The zero-order valence-electron chi connectivity index (χ0n) is 16.5. The Hall–Kier alpha value is -4.32. The molecule has 0 aliphatic rings. The van der Waals surface area contributed by atoms with E-state index in [1.165, 1.54) is 13.2 Å². The van der Waals surface area contributed by atoms with Crippen LogP contribution in [0.4, 0.5) is 0 Å². The van der Waals surface area contributed by atoms with Crippen LogP contribution in [0.25, 0.3) is 33.3 Å². The van der Waals surface area contributed by atoms with Crippen LogP contribution < -0.4 is 15.1 Å². The topological polar surface area (TPSA) is 78.9 Å². The van der Waals surface area contributed by atoms with E-state index in [9.17, 15) is 9.59 Å². The highest BCUT2D eigenvalue weighted by Crippen LogP contribution is 2.34. The molecule has 2 heterocycles. The maximum Gasteiger partial charge on any atom is 0.347 e. The highest BCUT2D eigenvalue weighted by Gasteiger charge is 2.17. The van der Waals surface area contributed by atoms with Crippen LogP contribution in [0.3, 0.4) is 0 Å². The van der Waals surface area contributed by atoms with Crippen LogP contribution in [-0.4, -0.2) is 13.1 Å². The van der Waals surface area contributed by atoms with Crippen molar-refractivity contribution in [1.29, 1.82) is 0 Å². The fraction of sp³-hybridized carbons (Fsp3) is 0.0400. The van der Waals surface area contributed by atoms with E-state index in [4.69, 9.17) is 18.3 Å². The smallest absolute Gasteiger partial charge is 0.347 e. The van der Waals surface area contributed by atoms with E-state index < -0.39 is 11.6 Å². The van der Waals surface area contributed by atoms with Gasteiger partial charge in [0, 0.05) is 22.4 Å². The van der Waals surface area contributed by atoms with Gasteiger partial charge in [0.1, 0.15) is 34.0 Å². The van der Waals surface area contributed by atoms with Gasteiger partial charge in [-0.05, 0) is 42.5 Å². The molecule has 2 aromatic heterocycles. The SMILES string of the molecule is COc1ccccc1C(=O)Oc1ccc2oc(=O)cc(-c3cc4ccccc4o3)c2c1. The van der Waals surface area contributed by atoms with Crippen molar-refractivity contribution in [2.45, 2.75) is 0 Å². The third-order valence-corrected chi connectivity index (χ3v) is 4.94. The molecule has 5 aromatic rings. The lowest BCUT2D eigenvalue weighted by Gasteiger charge is -2.09. The van der Waals surface area contributed by atoms with Crippen molar-refractivity contribution >= 4 is 27.9 Å². The molecule has 0 N–H and O–H groups in total. The van der Waals surface area contributed by atoms with Crippen molar-refractivity contribution in [1.82, 2.24) is 0 Å². The second-order valence-electron chi connectivity index (χ2n) is 6.88. The molecule has 3 aromatic carbocycles. The van der Waals surface area contributed by atoms with Gasteiger partial charge >= 0.3 is 11.6 Å². The largest absolute Gasteiger partial charge is 0.496 e. The molecule has 6 nitrogen and oxygen atoms in total. The molecule has 6 heteroatoms. The normalized spacial score (nSPS) is 11.0. The van der Waals surface area contributed by atoms with E-state index in [2.05, 4.69) is 0 Å². The zero-order valence-corrected chi connectivity index (χ0v) is 16.5. The van der Waals surface area contributed by atoms with E-state index in [1.807, 2.05) is 30.3 Å². The second-order valence-corrected chi connectivity index (χ2v) is 6.88. The molecule has 0 aliphatic heterocycles. The molecule has 0 saturated heterocycles. The van der Waals surface area contributed by atoms with E-state index in [0.29, 0.717) is 44.9 Å². The van der Waals surface area contributed by atoms with E-state index in [1.54, 1.807) is 42.5 Å². The van der Waals surface area contributed by atoms with Crippen molar-refractivity contribution in [3.63, 3.8) is 0 Å². The molecular weight excluding hydrogens is 396 g/mol. The highest BCUT2D eigenvalue weighted by atomic mass is 16.5.